The molecule has 0 atom stereocenters. The van der Waals surface area contributed by atoms with E-state index in [4.69, 9.17) is 9.47 Å². The molecular weight excluding hydrogens is 516 g/mol. The van der Waals surface area contributed by atoms with Gasteiger partial charge < -0.3 is 24.3 Å². The van der Waals surface area contributed by atoms with Crippen molar-refractivity contribution >= 4 is 28.5 Å². The number of nitrogens with one attached hydrogen (secondary N) is 1. The van der Waals surface area contributed by atoms with Crippen LogP contribution < -0.4 is 4.90 Å². The number of hydrogen-bond acceptors (Lipinski definition) is 7. The van der Waals surface area contributed by atoms with Crippen LogP contribution in [0.4, 0.5) is 5.69 Å². The summed E-state index contributed by atoms with van der Waals surface area (Å²) in [6, 6.07) is 16.6. The zero-order valence-electron chi connectivity index (χ0n) is 23.5. The number of nitrogens with zero attached hydrogens (tertiary/aromatic N) is 3. The lowest BCUT2D eigenvalue weighted by atomic mass is 9.93. The summed E-state index contributed by atoms with van der Waals surface area (Å²) < 4.78 is 10.7. The Hall–Kier alpha value is -4.27. The molecule has 2 aromatic heterocycles. The smallest absolute Gasteiger partial charge is 0.340 e. The fourth-order valence-electron chi connectivity index (χ4n) is 5.38. The van der Waals surface area contributed by atoms with Gasteiger partial charge in [0.05, 0.1) is 24.5 Å². The number of allylic oxidation sites excluding steroid dienone is 1. The highest BCUT2D eigenvalue weighted by molar-refractivity contribution is 6.05. The molecule has 2 fully saturated rings. The largest absolute Gasteiger partial charge is 0.454 e. The predicted molar refractivity (Wildman–Crippen MR) is 160 cm³/mol. The van der Waals surface area contributed by atoms with E-state index in [0.29, 0.717) is 24.4 Å². The molecule has 0 bridgehead atoms. The fourth-order valence-corrected chi connectivity index (χ4v) is 5.38. The maximum atomic E-state index is 12.9. The molecule has 8 nitrogen and oxygen atoms in total. The van der Waals surface area contributed by atoms with Gasteiger partial charge in [0.15, 0.2) is 5.78 Å². The number of carbonyl (C=O) groups is 2. The number of ether oxygens (including phenoxy) is 2. The zero-order valence-corrected chi connectivity index (χ0v) is 23.5. The first-order valence-electron chi connectivity index (χ1n) is 14.0. The highest BCUT2D eigenvalue weighted by atomic mass is 16.6. The van der Waals surface area contributed by atoms with Gasteiger partial charge in [0.1, 0.15) is 11.8 Å². The average Bonchev–Trinajstić information content (AvgIpc) is 3.35. The van der Waals surface area contributed by atoms with Crippen molar-refractivity contribution in [3.05, 3.63) is 84.1 Å². The van der Waals surface area contributed by atoms with Crippen molar-refractivity contribution in [1.82, 2.24) is 14.9 Å². The Morgan fingerprint density at radius 2 is 1.80 bits per heavy atom. The Morgan fingerprint density at radius 1 is 1.07 bits per heavy atom. The van der Waals surface area contributed by atoms with Crippen molar-refractivity contribution < 1.29 is 19.1 Å². The number of anilines is 1. The van der Waals surface area contributed by atoms with Crippen LogP contribution in [0.25, 0.3) is 33.4 Å². The van der Waals surface area contributed by atoms with E-state index < -0.39 is 5.97 Å². The number of likely N-dealkylation sites (N-methyl/N-ethyl adjacent to an activating group) is 1. The monoisotopic (exact) mass is 550 g/mol. The van der Waals surface area contributed by atoms with Crippen molar-refractivity contribution in [3.8, 4) is 22.4 Å². The first kappa shape index (κ1) is 26.9. The average molecular weight is 551 g/mol. The second-order valence-electron chi connectivity index (χ2n) is 10.9. The lowest BCUT2D eigenvalue weighted by Crippen LogP contribution is -2.44. The minimum atomic E-state index is -0.417. The van der Waals surface area contributed by atoms with Crippen molar-refractivity contribution in [3.63, 3.8) is 0 Å². The Labute approximate surface area is 239 Å². The van der Waals surface area contributed by atoms with E-state index in [-0.39, 0.29) is 18.3 Å². The number of ketones is 1. The topological polar surface area (TPSA) is 87.8 Å². The second-order valence-corrected chi connectivity index (χ2v) is 10.9. The van der Waals surface area contributed by atoms with Gasteiger partial charge in [0.25, 0.3) is 0 Å². The van der Waals surface area contributed by atoms with E-state index >= 15 is 0 Å². The molecule has 2 saturated heterocycles. The number of benzene rings is 2. The Kier molecular flexibility index (Phi) is 7.43. The van der Waals surface area contributed by atoms with Gasteiger partial charge in [-0.3, -0.25) is 4.79 Å². The number of pyridine rings is 1. The third-order valence-corrected chi connectivity index (χ3v) is 8.02. The highest BCUT2D eigenvalue weighted by Crippen LogP contribution is 2.39. The molecule has 210 valence electrons. The number of esters is 1. The van der Waals surface area contributed by atoms with E-state index in [1.807, 2.05) is 19.1 Å². The lowest BCUT2D eigenvalue weighted by molar-refractivity contribution is -0.114. The summed E-state index contributed by atoms with van der Waals surface area (Å²) in [5, 5.41) is 0.812. The SMILES string of the molecule is C=CC(=O)Cc1cc(-c2c(-c3ccc(N4CCN(C)CC4)cc3)[nH]c3ncc(C(=O)OC4COC4)cc23)ccc1C. The van der Waals surface area contributed by atoms with Gasteiger partial charge in [0, 0.05) is 55.4 Å². The Balaban J connectivity index is 1.43. The predicted octanol–water partition coefficient (Wildman–Crippen LogP) is 4.81. The third kappa shape index (κ3) is 5.53. The molecule has 2 aliphatic heterocycles. The summed E-state index contributed by atoms with van der Waals surface area (Å²) in [6.07, 6.45) is 2.97. The van der Waals surface area contributed by atoms with E-state index in [1.54, 1.807) is 6.20 Å². The maximum Gasteiger partial charge on any atom is 0.340 e. The van der Waals surface area contributed by atoms with Gasteiger partial charge >= 0.3 is 5.97 Å². The molecule has 0 spiro atoms. The minimum Gasteiger partial charge on any atom is -0.454 e. The number of aromatic amines is 1. The van der Waals surface area contributed by atoms with Crippen LogP contribution >= 0.6 is 0 Å². The summed E-state index contributed by atoms with van der Waals surface area (Å²) in [5.74, 6) is -0.449. The Morgan fingerprint density at radius 3 is 2.49 bits per heavy atom. The van der Waals surface area contributed by atoms with Gasteiger partial charge in [-0.25, -0.2) is 9.78 Å². The van der Waals surface area contributed by atoms with Crippen LogP contribution in [0, 0.1) is 6.92 Å². The van der Waals surface area contributed by atoms with E-state index in [9.17, 15) is 9.59 Å². The van der Waals surface area contributed by atoms with Crippen LogP contribution in [0.1, 0.15) is 21.5 Å². The van der Waals surface area contributed by atoms with Crippen LogP contribution in [0.2, 0.25) is 0 Å². The normalized spacial score (nSPS) is 16.0. The van der Waals surface area contributed by atoms with Crippen molar-refractivity contribution in [1.29, 1.82) is 0 Å². The number of hydrogen-bond donors (Lipinski definition) is 1. The summed E-state index contributed by atoms with van der Waals surface area (Å²) >= 11 is 0. The van der Waals surface area contributed by atoms with Gasteiger partial charge in [-0.1, -0.05) is 36.9 Å². The van der Waals surface area contributed by atoms with Gasteiger partial charge in [0.2, 0.25) is 0 Å². The molecule has 4 aromatic rings. The lowest BCUT2D eigenvalue weighted by Gasteiger charge is -2.34. The van der Waals surface area contributed by atoms with Gasteiger partial charge in [-0.05, 0) is 60.5 Å². The number of piperazine rings is 1. The molecule has 8 heteroatoms. The fraction of sp³-hybridized carbons (Fsp3) is 0.303. The molecule has 1 N–H and O–H groups in total. The second kappa shape index (κ2) is 11.3. The minimum absolute atomic E-state index is 0.0319. The number of carbonyl (C=O) groups excluding carboxylic acids is 2. The number of aryl methyl sites for hydroxylation is 1. The summed E-state index contributed by atoms with van der Waals surface area (Å²) in [7, 11) is 2.16. The van der Waals surface area contributed by atoms with Crippen LogP contribution in [-0.2, 0) is 20.7 Å². The van der Waals surface area contributed by atoms with E-state index in [1.165, 1.54) is 11.8 Å². The van der Waals surface area contributed by atoms with Crippen LogP contribution in [-0.4, -0.2) is 79.2 Å². The quantitative estimate of drug-likeness (QED) is 0.249. The first-order chi connectivity index (χ1) is 19.9. The van der Waals surface area contributed by atoms with Gasteiger partial charge in [-0.15, -0.1) is 0 Å². The van der Waals surface area contributed by atoms with Crippen LogP contribution in [0.5, 0.6) is 0 Å². The molecule has 0 saturated carbocycles. The standard InChI is InChI=1S/C33H34N4O4/c1-4-27(38)16-24-15-23(6-5-21(24)2)30-29-17-25(33(39)41-28-19-40-20-28)18-34-32(29)35-31(30)22-7-9-26(10-8-22)37-13-11-36(3)12-14-37/h4-10,15,17-18,28H,1,11-14,16,19-20H2,2-3H3,(H,34,35). The van der Waals surface area contributed by atoms with E-state index in [0.717, 1.165) is 65.1 Å². The van der Waals surface area contributed by atoms with Crippen molar-refractivity contribution in [2.45, 2.75) is 19.4 Å². The number of aromatic nitrogens is 2. The summed E-state index contributed by atoms with van der Waals surface area (Å²) in [6.45, 7) is 10.6. The molecular formula is C33H34N4O4. The molecule has 6 rings (SSSR count). The molecule has 0 unspecified atom stereocenters. The zero-order chi connectivity index (χ0) is 28.5. The molecule has 0 radical (unpaired) electrons. The third-order valence-electron chi connectivity index (χ3n) is 8.02. The molecule has 41 heavy (non-hydrogen) atoms. The molecule has 4 heterocycles. The molecule has 0 amide bonds. The first-order valence-corrected chi connectivity index (χ1v) is 14.0. The van der Waals surface area contributed by atoms with E-state index in [2.05, 4.69) is 69.8 Å². The molecule has 2 aliphatic rings. The number of H-pyrrole nitrogens is 1. The van der Waals surface area contributed by atoms with Crippen molar-refractivity contribution in [2.75, 3.05) is 51.3 Å². The molecule has 0 aliphatic carbocycles. The number of rotatable bonds is 8. The van der Waals surface area contributed by atoms with Crippen LogP contribution in [0.15, 0.2) is 67.4 Å². The van der Waals surface area contributed by atoms with Crippen LogP contribution in [0.3, 0.4) is 0 Å². The maximum absolute atomic E-state index is 12.9. The highest BCUT2D eigenvalue weighted by Gasteiger charge is 2.25. The van der Waals surface area contributed by atoms with Crippen molar-refractivity contribution in [2.24, 2.45) is 0 Å². The molecule has 2 aromatic carbocycles. The Bertz CT molecular complexity index is 1610. The summed E-state index contributed by atoms with van der Waals surface area (Å²) in [4.78, 5) is 38.0. The van der Waals surface area contributed by atoms with Gasteiger partial charge in [-0.2, -0.15) is 0 Å². The summed E-state index contributed by atoms with van der Waals surface area (Å²) in [5.41, 5.74) is 8.00. The number of fused-ring (bicyclic) bond motifs is 1.